The van der Waals surface area contributed by atoms with Gasteiger partial charge in [0.2, 0.25) is 0 Å². The predicted octanol–water partition coefficient (Wildman–Crippen LogP) is 3.94. The molecule has 0 unspecified atom stereocenters. The van der Waals surface area contributed by atoms with Gasteiger partial charge in [-0.25, -0.2) is 0 Å². The monoisotopic (exact) mass is 368 g/mol. The SMILES string of the molecule is C#CCn1c(=NC(=O)/C=C/c2cccs2)sc2cccc(OCC)c21. The van der Waals surface area contributed by atoms with Gasteiger partial charge in [-0.1, -0.05) is 29.4 Å². The van der Waals surface area contributed by atoms with E-state index < -0.39 is 0 Å². The van der Waals surface area contributed by atoms with Crippen molar-refractivity contribution in [2.24, 2.45) is 4.99 Å². The van der Waals surface area contributed by atoms with E-state index in [4.69, 9.17) is 11.2 Å². The number of thiophene rings is 1. The molecule has 6 heteroatoms. The van der Waals surface area contributed by atoms with E-state index >= 15 is 0 Å². The molecule has 1 amide bonds. The minimum absolute atomic E-state index is 0.316. The van der Waals surface area contributed by atoms with E-state index in [2.05, 4.69) is 10.9 Å². The van der Waals surface area contributed by atoms with E-state index in [1.165, 1.54) is 17.4 Å². The molecule has 0 saturated carbocycles. The maximum absolute atomic E-state index is 12.2. The maximum atomic E-state index is 12.2. The molecule has 2 heterocycles. The number of carbonyl (C=O) groups is 1. The van der Waals surface area contributed by atoms with Crippen LogP contribution >= 0.6 is 22.7 Å². The van der Waals surface area contributed by atoms with Crippen molar-refractivity contribution in [3.05, 3.63) is 51.5 Å². The molecule has 0 bridgehead atoms. The zero-order valence-corrected chi connectivity index (χ0v) is 15.3. The summed E-state index contributed by atoms with van der Waals surface area (Å²) in [7, 11) is 0. The Morgan fingerprint density at radius 2 is 2.28 bits per heavy atom. The van der Waals surface area contributed by atoms with E-state index in [1.807, 2.05) is 47.2 Å². The summed E-state index contributed by atoms with van der Waals surface area (Å²) in [5.41, 5.74) is 0.876. The Hall–Kier alpha value is -2.62. The fraction of sp³-hybridized carbons (Fsp3) is 0.158. The number of amides is 1. The Balaban J connectivity index is 2.06. The fourth-order valence-corrected chi connectivity index (χ4v) is 4.03. The van der Waals surface area contributed by atoms with Crippen molar-refractivity contribution in [3.63, 3.8) is 0 Å². The summed E-state index contributed by atoms with van der Waals surface area (Å²) in [6.07, 6.45) is 8.75. The second-order valence-corrected chi connectivity index (χ2v) is 7.00. The second-order valence-electron chi connectivity index (χ2n) is 5.01. The van der Waals surface area contributed by atoms with Crippen LogP contribution in [0.5, 0.6) is 5.75 Å². The Labute approximate surface area is 153 Å². The lowest BCUT2D eigenvalue weighted by Gasteiger charge is -2.07. The van der Waals surface area contributed by atoms with Gasteiger partial charge in [-0.05, 0) is 36.6 Å². The number of fused-ring (bicyclic) bond motifs is 1. The third kappa shape index (κ3) is 3.90. The number of hydrogen-bond donors (Lipinski definition) is 0. The minimum atomic E-state index is -0.316. The van der Waals surface area contributed by atoms with Crippen LogP contribution in [0.3, 0.4) is 0 Å². The van der Waals surface area contributed by atoms with Gasteiger partial charge in [-0.15, -0.1) is 17.8 Å². The number of carbonyl (C=O) groups excluding carboxylic acids is 1. The van der Waals surface area contributed by atoms with Gasteiger partial charge in [0.25, 0.3) is 5.91 Å². The Kier molecular flexibility index (Phi) is 5.49. The highest BCUT2D eigenvalue weighted by atomic mass is 32.1. The molecule has 1 aromatic carbocycles. The molecule has 126 valence electrons. The van der Waals surface area contributed by atoms with Crippen LogP contribution in [-0.4, -0.2) is 17.1 Å². The Bertz CT molecular complexity index is 1020. The molecule has 0 atom stereocenters. The van der Waals surface area contributed by atoms with Gasteiger partial charge >= 0.3 is 0 Å². The predicted molar refractivity (Wildman–Crippen MR) is 104 cm³/mol. The average Bonchev–Trinajstić information content (AvgIpc) is 3.23. The first kappa shape index (κ1) is 17.2. The number of aromatic nitrogens is 1. The van der Waals surface area contributed by atoms with Crippen molar-refractivity contribution in [2.45, 2.75) is 13.5 Å². The van der Waals surface area contributed by atoms with Crippen molar-refractivity contribution in [1.82, 2.24) is 4.57 Å². The van der Waals surface area contributed by atoms with Crippen molar-refractivity contribution in [3.8, 4) is 18.1 Å². The summed E-state index contributed by atoms with van der Waals surface area (Å²) in [6.45, 7) is 2.81. The summed E-state index contributed by atoms with van der Waals surface area (Å²) in [5.74, 6) is 3.05. The van der Waals surface area contributed by atoms with Crippen LogP contribution < -0.4 is 9.54 Å². The number of benzene rings is 1. The number of nitrogens with zero attached hydrogens (tertiary/aromatic N) is 2. The lowest BCUT2D eigenvalue weighted by atomic mass is 10.3. The summed E-state index contributed by atoms with van der Waals surface area (Å²) in [6, 6.07) is 9.68. The van der Waals surface area contributed by atoms with Gasteiger partial charge in [0.05, 0.1) is 17.9 Å². The average molecular weight is 368 g/mol. The first-order valence-electron chi connectivity index (χ1n) is 7.72. The van der Waals surface area contributed by atoms with E-state index in [0.29, 0.717) is 18.0 Å². The summed E-state index contributed by atoms with van der Waals surface area (Å²) in [5, 5.41) is 1.96. The lowest BCUT2D eigenvalue weighted by molar-refractivity contribution is -0.113. The van der Waals surface area contributed by atoms with Crippen molar-refractivity contribution in [2.75, 3.05) is 6.61 Å². The normalized spacial score (nSPS) is 11.9. The third-order valence-electron chi connectivity index (χ3n) is 3.35. The summed E-state index contributed by atoms with van der Waals surface area (Å²) in [4.78, 5) is 18.0. The van der Waals surface area contributed by atoms with Gasteiger partial charge in [-0.2, -0.15) is 4.99 Å². The zero-order valence-electron chi connectivity index (χ0n) is 13.6. The van der Waals surface area contributed by atoms with Crippen LogP contribution in [0.25, 0.3) is 16.3 Å². The number of thiazole rings is 1. The molecule has 0 saturated heterocycles. The van der Waals surface area contributed by atoms with E-state index in [-0.39, 0.29) is 5.91 Å². The fourth-order valence-electron chi connectivity index (χ4n) is 2.36. The molecule has 3 rings (SSSR count). The van der Waals surface area contributed by atoms with Crippen molar-refractivity contribution in [1.29, 1.82) is 0 Å². The number of hydrogen-bond acceptors (Lipinski definition) is 4. The largest absolute Gasteiger partial charge is 0.492 e. The maximum Gasteiger partial charge on any atom is 0.272 e. The van der Waals surface area contributed by atoms with E-state index in [1.54, 1.807) is 17.4 Å². The highest BCUT2D eigenvalue weighted by molar-refractivity contribution is 7.16. The Morgan fingerprint density at radius 1 is 1.40 bits per heavy atom. The zero-order chi connectivity index (χ0) is 17.6. The first-order chi connectivity index (χ1) is 12.2. The quantitative estimate of drug-likeness (QED) is 0.506. The van der Waals surface area contributed by atoms with Gasteiger partial charge in [0, 0.05) is 11.0 Å². The molecule has 0 aliphatic rings. The van der Waals surface area contributed by atoms with Crippen LogP contribution in [-0.2, 0) is 11.3 Å². The molecular formula is C19H16N2O2S2. The van der Waals surface area contributed by atoms with Crippen LogP contribution in [0.1, 0.15) is 11.8 Å². The summed E-state index contributed by atoms with van der Waals surface area (Å²) >= 11 is 2.99. The molecule has 0 radical (unpaired) electrons. The van der Waals surface area contributed by atoms with Gasteiger partial charge in [-0.3, -0.25) is 4.79 Å². The van der Waals surface area contributed by atoms with Crippen molar-refractivity contribution >= 4 is 44.9 Å². The Morgan fingerprint density at radius 3 is 3.00 bits per heavy atom. The molecule has 2 aromatic heterocycles. The van der Waals surface area contributed by atoms with Crippen LogP contribution in [0, 0.1) is 12.3 Å². The van der Waals surface area contributed by atoms with Gasteiger partial charge in [0.15, 0.2) is 4.80 Å². The molecule has 25 heavy (non-hydrogen) atoms. The lowest BCUT2D eigenvalue weighted by Crippen LogP contribution is -2.16. The molecular weight excluding hydrogens is 352 g/mol. The summed E-state index contributed by atoms with van der Waals surface area (Å²) < 4.78 is 8.53. The number of ether oxygens (including phenoxy) is 1. The number of rotatable bonds is 5. The van der Waals surface area contributed by atoms with Crippen LogP contribution in [0.4, 0.5) is 0 Å². The molecule has 0 spiro atoms. The topological polar surface area (TPSA) is 43.6 Å². The van der Waals surface area contributed by atoms with Crippen LogP contribution in [0.2, 0.25) is 0 Å². The standard InChI is InChI=1S/C19H16N2O2S2/c1-3-12-21-18-15(23-4-2)8-5-9-16(18)25-19(21)20-17(22)11-10-14-7-6-13-24-14/h1,5-11,13H,4,12H2,2H3/b11-10+,20-19?. The molecule has 0 aliphatic carbocycles. The second kappa shape index (κ2) is 7.97. The molecule has 0 N–H and O–H groups in total. The highest BCUT2D eigenvalue weighted by Gasteiger charge is 2.11. The van der Waals surface area contributed by atoms with E-state index in [9.17, 15) is 4.79 Å². The molecule has 4 nitrogen and oxygen atoms in total. The minimum Gasteiger partial charge on any atom is -0.492 e. The van der Waals surface area contributed by atoms with Crippen molar-refractivity contribution < 1.29 is 9.53 Å². The van der Waals surface area contributed by atoms with Crippen LogP contribution in [0.15, 0.2) is 46.8 Å². The molecule has 3 aromatic rings. The number of terminal acetylenes is 1. The first-order valence-corrected chi connectivity index (χ1v) is 9.41. The smallest absolute Gasteiger partial charge is 0.272 e. The van der Waals surface area contributed by atoms with Gasteiger partial charge in [0.1, 0.15) is 11.3 Å². The molecule has 0 fully saturated rings. The molecule has 0 aliphatic heterocycles. The highest BCUT2D eigenvalue weighted by Crippen LogP contribution is 2.27. The third-order valence-corrected chi connectivity index (χ3v) is 5.23. The van der Waals surface area contributed by atoms with E-state index in [0.717, 1.165) is 20.8 Å². The van der Waals surface area contributed by atoms with Gasteiger partial charge < -0.3 is 9.30 Å². The number of para-hydroxylation sites is 1.